The Hall–Kier alpha value is 0.0600. The third kappa shape index (κ3) is 3.14. The highest BCUT2D eigenvalue weighted by Crippen LogP contribution is 2.33. The van der Waals surface area contributed by atoms with Crippen LogP contribution < -0.4 is 5.73 Å². The summed E-state index contributed by atoms with van der Waals surface area (Å²) >= 11 is 5.34. The zero-order valence-electron chi connectivity index (χ0n) is 11.3. The molecule has 5 heteroatoms. The predicted octanol–water partition coefficient (Wildman–Crippen LogP) is 2.53. The van der Waals surface area contributed by atoms with Crippen LogP contribution in [0.1, 0.15) is 24.3 Å². The summed E-state index contributed by atoms with van der Waals surface area (Å²) in [7, 11) is 4.33. The van der Waals surface area contributed by atoms with Crippen LogP contribution >= 0.6 is 27.3 Å². The van der Waals surface area contributed by atoms with Gasteiger partial charge in [-0.15, -0.1) is 11.3 Å². The van der Waals surface area contributed by atoms with Gasteiger partial charge < -0.3 is 10.6 Å². The smallest absolute Gasteiger partial charge is 0.0591 e. The number of thiophene rings is 1. The van der Waals surface area contributed by atoms with Crippen LogP contribution in [0, 0.1) is 0 Å². The molecule has 3 atom stereocenters. The van der Waals surface area contributed by atoms with Crippen LogP contribution in [0.4, 0.5) is 0 Å². The fourth-order valence-corrected chi connectivity index (χ4v) is 4.39. The molecule has 2 N–H and O–H groups in total. The minimum atomic E-state index is 0.163. The Morgan fingerprint density at radius 2 is 2.28 bits per heavy atom. The Bertz CT molecular complexity index is 391. The molecule has 2 heterocycles. The summed E-state index contributed by atoms with van der Waals surface area (Å²) in [5.74, 6) is 0. The van der Waals surface area contributed by atoms with E-state index in [9.17, 15) is 0 Å². The third-order valence-corrected chi connectivity index (χ3v) is 5.46. The van der Waals surface area contributed by atoms with E-state index in [0.717, 1.165) is 17.6 Å². The van der Waals surface area contributed by atoms with Crippen molar-refractivity contribution in [2.24, 2.45) is 5.73 Å². The summed E-state index contributed by atoms with van der Waals surface area (Å²) < 4.78 is 1.16. The quantitative estimate of drug-likeness (QED) is 0.920. The molecule has 0 amide bonds. The maximum atomic E-state index is 6.22. The third-order valence-electron chi connectivity index (χ3n) is 3.70. The fraction of sp³-hybridized carbons (Fsp3) is 0.692. The van der Waals surface area contributed by atoms with Crippen molar-refractivity contribution >= 4 is 27.3 Å². The first-order chi connectivity index (χ1) is 8.49. The topological polar surface area (TPSA) is 32.5 Å². The van der Waals surface area contributed by atoms with Gasteiger partial charge in [0.1, 0.15) is 0 Å². The highest BCUT2D eigenvalue weighted by Gasteiger charge is 2.32. The summed E-state index contributed by atoms with van der Waals surface area (Å²) in [5, 5.41) is 2.14. The van der Waals surface area contributed by atoms with Gasteiger partial charge in [-0.1, -0.05) is 0 Å². The molecule has 1 aliphatic rings. The van der Waals surface area contributed by atoms with Crippen LogP contribution in [-0.2, 0) is 0 Å². The van der Waals surface area contributed by atoms with E-state index >= 15 is 0 Å². The Labute approximate surface area is 122 Å². The molecule has 0 aromatic carbocycles. The van der Waals surface area contributed by atoms with Gasteiger partial charge in [0.05, 0.1) is 6.04 Å². The molecular weight excluding hydrogens is 310 g/mol. The van der Waals surface area contributed by atoms with Gasteiger partial charge in [0, 0.05) is 39.9 Å². The molecule has 1 aliphatic heterocycles. The molecule has 102 valence electrons. The van der Waals surface area contributed by atoms with E-state index < -0.39 is 0 Å². The lowest BCUT2D eigenvalue weighted by atomic mass is 10.1. The minimum Gasteiger partial charge on any atom is -0.326 e. The van der Waals surface area contributed by atoms with Crippen LogP contribution in [0.5, 0.6) is 0 Å². The van der Waals surface area contributed by atoms with Crippen molar-refractivity contribution in [2.75, 3.05) is 27.2 Å². The Morgan fingerprint density at radius 1 is 1.56 bits per heavy atom. The standard InChI is InChI=1S/C13H22BrN3S/c1-9(15)13(12-6-10(14)8-18-12)17-5-4-11(7-17)16(2)3/h6,8-9,11,13H,4-5,7,15H2,1-3H3. The number of rotatable bonds is 4. The molecule has 0 aliphatic carbocycles. The van der Waals surface area contributed by atoms with E-state index in [0.29, 0.717) is 12.1 Å². The maximum absolute atomic E-state index is 6.22. The minimum absolute atomic E-state index is 0.163. The summed E-state index contributed by atoms with van der Waals surface area (Å²) in [4.78, 5) is 6.23. The van der Waals surface area contributed by atoms with Gasteiger partial charge in [-0.25, -0.2) is 0 Å². The second-order valence-electron chi connectivity index (χ2n) is 5.37. The van der Waals surface area contributed by atoms with Gasteiger partial charge in [-0.05, 0) is 49.4 Å². The summed E-state index contributed by atoms with van der Waals surface area (Å²) in [6, 6.07) is 3.39. The molecule has 1 aromatic rings. The van der Waals surface area contributed by atoms with Crippen LogP contribution in [0.3, 0.4) is 0 Å². The molecule has 18 heavy (non-hydrogen) atoms. The number of nitrogens with two attached hydrogens (primary N) is 1. The van der Waals surface area contributed by atoms with Crippen LogP contribution in [-0.4, -0.2) is 49.1 Å². The van der Waals surface area contributed by atoms with Gasteiger partial charge in [-0.3, -0.25) is 4.90 Å². The SMILES string of the molecule is CC(N)C(c1cc(Br)cs1)N1CCC(N(C)C)C1. The van der Waals surface area contributed by atoms with Crippen LogP contribution in [0.15, 0.2) is 15.9 Å². The summed E-state index contributed by atoms with van der Waals surface area (Å²) in [6.07, 6.45) is 1.24. The van der Waals surface area contributed by atoms with Gasteiger partial charge in [0.15, 0.2) is 0 Å². The fourth-order valence-electron chi connectivity index (χ4n) is 2.70. The zero-order chi connectivity index (χ0) is 13.3. The van der Waals surface area contributed by atoms with Crippen LogP contribution in [0.2, 0.25) is 0 Å². The number of halogens is 1. The highest BCUT2D eigenvalue weighted by atomic mass is 79.9. The number of hydrogen-bond acceptors (Lipinski definition) is 4. The average Bonchev–Trinajstić information content (AvgIpc) is 2.88. The number of likely N-dealkylation sites (N-methyl/N-ethyl adjacent to an activating group) is 1. The Kier molecular flexibility index (Phi) is 4.83. The molecule has 3 unspecified atom stereocenters. The summed E-state index contributed by atoms with van der Waals surface area (Å²) in [5.41, 5.74) is 6.22. The van der Waals surface area contributed by atoms with E-state index in [4.69, 9.17) is 5.73 Å². The molecule has 1 saturated heterocycles. The van der Waals surface area contributed by atoms with Gasteiger partial charge in [0.2, 0.25) is 0 Å². The van der Waals surface area contributed by atoms with E-state index in [1.807, 2.05) is 0 Å². The molecule has 1 aromatic heterocycles. The van der Waals surface area contributed by atoms with Gasteiger partial charge in [-0.2, -0.15) is 0 Å². The number of nitrogens with zero attached hydrogens (tertiary/aromatic N) is 2. The first kappa shape index (κ1) is 14.5. The molecular formula is C13H22BrN3S. The number of hydrogen-bond donors (Lipinski definition) is 1. The Morgan fingerprint density at radius 3 is 2.72 bits per heavy atom. The van der Waals surface area contributed by atoms with Gasteiger partial charge >= 0.3 is 0 Å². The van der Waals surface area contributed by atoms with Crippen molar-refractivity contribution in [1.29, 1.82) is 0 Å². The predicted molar refractivity (Wildman–Crippen MR) is 82.1 cm³/mol. The highest BCUT2D eigenvalue weighted by molar-refractivity contribution is 9.10. The first-order valence-electron chi connectivity index (χ1n) is 6.39. The normalized spacial score (nSPS) is 24.7. The largest absolute Gasteiger partial charge is 0.326 e. The van der Waals surface area contributed by atoms with Crippen molar-refractivity contribution in [2.45, 2.75) is 31.5 Å². The van der Waals surface area contributed by atoms with Crippen molar-refractivity contribution in [1.82, 2.24) is 9.80 Å². The van der Waals surface area contributed by atoms with E-state index in [-0.39, 0.29) is 6.04 Å². The molecule has 0 spiro atoms. The van der Waals surface area contributed by atoms with Crippen molar-refractivity contribution < 1.29 is 0 Å². The molecule has 1 fully saturated rings. The second kappa shape index (κ2) is 6.01. The summed E-state index contributed by atoms with van der Waals surface area (Å²) in [6.45, 7) is 4.38. The molecule has 0 radical (unpaired) electrons. The maximum Gasteiger partial charge on any atom is 0.0591 e. The number of likely N-dealkylation sites (tertiary alicyclic amines) is 1. The van der Waals surface area contributed by atoms with Crippen molar-refractivity contribution in [3.8, 4) is 0 Å². The second-order valence-corrected chi connectivity index (χ2v) is 7.23. The van der Waals surface area contributed by atoms with Crippen molar-refractivity contribution in [3.05, 3.63) is 20.8 Å². The lowest BCUT2D eigenvalue weighted by Crippen LogP contribution is -2.39. The zero-order valence-corrected chi connectivity index (χ0v) is 13.7. The molecule has 2 rings (SSSR count). The van der Waals surface area contributed by atoms with Gasteiger partial charge in [0.25, 0.3) is 0 Å². The monoisotopic (exact) mass is 331 g/mol. The van der Waals surface area contributed by atoms with E-state index in [1.54, 1.807) is 11.3 Å². The first-order valence-corrected chi connectivity index (χ1v) is 8.06. The van der Waals surface area contributed by atoms with E-state index in [2.05, 4.69) is 58.2 Å². The Balaban J connectivity index is 2.12. The molecule has 0 bridgehead atoms. The molecule has 0 saturated carbocycles. The average molecular weight is 332 g/mol. The lowest BCUT2D eigenvalue weighted by molar-refractivity contribution is 0.200. The lowest BCUT2D eigenvalue weighted by Gasteiger charge is -2.30. The van der Waals surface area contributed by atoms with E-state index in [1.165, 1.54) is 11.3 Å². The molecule has 3 nitrogen and oxygen atoms in total. The van der Waals surface area contributed by atoms with Crippen molar-refractivity contribution in [3.63, 3.8) is 0 Å². The van der Waals surface area contributed by atoms with Crippen LogP contribution in [0.25, 0.3) is 0 Å².